The Labute approximate surface area is 135 Å². The van der Waals surface area contributed by atoms with Gasteiger partial charge in [0.15, 0.2) is 0 Å². The van der Waals surface area contributed by atoms with E-state index in [2.05, 4.69) is 42.4 Å². The lowest BCUT2D eigenvalue weighted by atomic mass is 9.73. The number of piperazine rings is 1. The first-order valence-electron chi connectivity index (χ1n) is 9.22. The van der Waals surface area contributed by atoms with Crippen molar-refractivity contribution in [2.75, 3.05) is 39.3 Å². The zero-order valence-electron chi connectivity index (χ0n) is 14.8. The summed E-state index contributed by atoms with van der Waals surface area (Å²) < 4.78 is 0. The SMILES string of the molecule is CC(C)C1CC(N2CCN(C(=O)C3CN(C(C)C)C3)CC2)C1. The highest BCUT2D eigenvalue weighted by molar-refractivity contribution is 5.80. The Morgan fingerprint density at radius 3 is 2.05 bits per heavy atom. The maximum Gasteiger partial charge on any atom is 0.228 e. The van der Waals surface area contributed by atoms with Gasteiger partial charge in [-0.3, -0.25) is 14.6 Å². The van der Waals surface area contributed by atoms with Gasteiger partial charge in [0.1, 0.15) is 0 Å². The lowest BCUT2D eigenvalue weighted by Gasteiger charge is -2.49. The third kappa shape index (κ3) is 3.18. The molecule has 126 valence electrons. The molecule has 0 bridgehead atoms. The van der Waals surface area contributed by atoms with Crippen molar-refractivity contribution < 1.29 is 4.79 Å². The van der Waals surface area contributed by atoms with Gasteiger partial charge in [-0.15, -0.1) is 0 Å². The zero-order chi connectivity index (χ0) is 15.9. The molecule has 0 spiro atoms. The molecule has 4 nitrogen and oxygen atoms in total. The van der Waals surface area contributed by atoms with E-state index in [4.69, 9.17) is 0 Å². The van der Waals surface area contributed by atoms with E-state index in [9.17, 15) is 4.79 Å². The molecule has 0 atom stereocenters. The summed E-state index contributed by atoms with van der Waals surface area (Å²) in [7, 11) is 0. The summed E-state index contributed by atoms with van der Waals surface area (Å²) in [5.74, 6) is 2.44. The largest absolute Gasteiger partial charge is 0.340 e. The number of hydrogen-bond acceptors (Lipinski definition) is 3. The van der Waals surface area contributed by atoms with Gasteiger partial charge >= 0.3 is 0 Å². The first-order chi connectivity index (χ1) is 10.5. The van der Waals surface area contributed by atoms with E-state index in [0.29, 0.717) is 11.9 Å². The Hall–Kier alpha value is -0.610. The predicted octanol–water partition coefficient (Wildman–Crippen LogP) is 1.91. The van der Waals surface area contributed by atoms with Crippen LogP contribution >= 0.6 is 0 Å². The van der Waals surface area contributed by atoms with E-state index in [-0.39, 0.29) is 5.92 Å². The van der Waals surface area contributed by atoms with E-state index < -0.39 is 0 Å². The van der Waals surface area contributed by atoms with E-state index >= 15 is 0 Å². The standard InChI is InChI=1S/C18H33N3O/c1-13(2)15-9-17(10-15)19-5-7-20(8-6-19)18(22)16-11-21(12-16)14(3)4/h13-17H,5-12H2,1-4H3. The summed E-state index contributed by atoms with van der Waals surface area (Å²) >= 11 is 0. The lowest BCUT2D eigenvalue weighted by Crippen LogP contribution is -2.60. The van der Waals surface area contributed by atoms with Gasteiger partial charge < -0.3 is 4.90 Å². The van der Waals surface area contributed by atoms with Crippen molar-refractivity contribution in [2.45, 2.75) is 52.6 Å². The van der Waals surface area contributed by atoms with Crippen LogP contribution in [0.5, 0.6) is 0 Å². The molecule has 0 aromatic heterocycles. The summed E-state index contributed by atoms with van der Waals surface area (Å²) in [5, 5.41) is 0. The molecular weight excluding hydrogens is 274 g/mol. The second kappa shape index (κ2) is 6.48. The average Bonchev–Trinajstić information content (AvgIpc) is 2.34. The summed E-state index contributed by atoms with van der Waals surface area (Å²) in [4.78, 5) is 19.7. The molecule has 0 aromatic rings. The molecule has 3 rings (SSSR count). The number of nitrogens with zero attached hydrogens (tertiary/aromatic N) is 3. The number of likely N-dealkylation sites (tertiary alicyclic amines) is 1. The molecule has 3 aliphatic rings. The smallest absolute Gasteiger partial charge is 0.228 e. The molecular formula is C18H33N3O. The molecule has 1 aliphatic carbocycles. The fourth-order valence-corrected chi connectivity index (χ4v) is 4.13. The topological polar surface area (TPSA) is 26.8 Å². The molecule has 4 heteroatoms. The predicted molar refractivity (Wildman–Crippen MR) is 89.7 cm³/mol. The van der Waals surface area contributed by atoms with Crippen molar-refractivity contribution in [1.29, 1.82) is 0 Å². The third-order valence-corrected chi connectivity index (χ3v) is 6.22. The van der Waals surface area contributed by atoms with Crippen molar-refractivity contribution >= 4 is 5.91 Å². The van der Waals surface area contributed by atoms with Gasteiger partial charge in [-0.05, 0) is 38.5 Å². The number of carbonyl (C=O) groups excluding carboxylic acids is 1. The van der Waals surface area contributed by atoms with Gasteiger partial charge in [-0.2, -0.15) is 0 Å². The Bertz CT molecular complexity index is 389. The molecule has 0 radical (unpaired) electrons. The molecule has 1 amide bonds. The van der Waals surface area contributed by atoms with Crippen LogP contribution in [-0.2, 0) is 4.79 Å². The van der Waals surface area contributed by atoms with Crippen LogP contribution in [0, 0.1) is 17.8 Å². The van der Waals surface area contributed by atoms with Crippen LogP contribution in [0.3, 0.4) is 0 Å². The summed E-state index contributed by atoms with van der Waals surface area (Å²) in [6.45, 7) is 15.1. The van der Waals surface area contributed by atoms with Crippen LogP contribution < -0.4 is 0 Å². The number of amides is 1. The molecule has 0 aromatic carbocycles. The Morgan fingerprint density at radius 1 is 0.955 bits per heavy atom. The van der Waals surface area contributed by atoms with Crippen LogP contribution in [0.4, 0.5) is 0 Å². The van der Waals surface area contributed by atoms with Crippen LogP contribution in [0.2, 0.25) is 0 Å². The van der Waals surface area contributed by atoms with Gasteiger partial charge in [-0.25, -0.2) is 0 Å². The monoisotopic (exact) mass is 307 g/mol. The molecule has 2 saturated heterocycles. The quantitative estimate of drug-likeness (QED) is 0.794. The Balaban J connectivity index is 1.38. The van der Waals surface area contributed by atoms with Gasteiger partial charge in [0.2, 0.25) is 5.91 Å². The summed E-state index contributed by atoms with van der Waals surface area (Å²) in [6, 6.07) is 1.37. The average molecular weight is 307 g/mol. The molecule has 0 unspecified atom stereocenters. The molecule has 3 fully saturated rings. The molecule has 1 saturated carbocycles. The van der Waals surface area contributed by atoms with Crippen LogP contribution in [-0.4, -0.2) is 72.0 Å². The van der Waals surface area contributed by atoms with Gasteiger partial charge in [0, 0.05) is 51.4 Å². The first kappa shape index (κ1) is 16.3. The summed E-state index contributed by atoms with van der Waals surface area (Å²) in [6.07, 6.45) is 2.75. The molecule has 2 aliphatic heterocycles. The van der Waals surface area contributed by atoms with E-state index in [1.807, 2.05) is 0 Å². The van der Waals surface area contributed by atoms with Gasteiger partial charge in [0.05, 0.1) is 5.92 Å². The lowest BCUT2D eigenvalue weighted by molar-refractivity contribution is -0.144. The normalized spacial score (nSPS) is 31.5. The maximum atomic E-state index is 12.5. The van der Waals surface area contributed by atoms with Crippen molar-refractivity contribution in [3.05, 3.63) is 0 Å². The second-order valence-corrected chi connectivity index (χ2v) is 8.24. The minimum Gasteiger partial charge on any atom is -0.340 e. The maximum absolute atomic E-state index is 12.5. The highest BCUT2D eigenvalue weighted by atomic mass is 16.2. The minimum atomic E-state index is 0.267. The summed E-state index contributed by atoms with van der Waals surface area (Å²) in [5.41, 5.74) is 0. The first-order valence-corrected chi connectivity index (χ1v) is 9.22. The Morgan fingerprint density at radius 2 is 1.55 bits per heavy atom. The second-order valence-electron chi connectivity index (χ2n) is 8.24. The Kier molecular flexibility index (Phi) is 4.79. The third-order valence-electron chi connectivity index (χ3n) is 6.22. The van der Waals surface area contributed by atoms with E-state index in [0.717, 1.165) is 57.1 Å². The van der Waals surface area contributed by atoms with Crippen LogP contribution in [0.25, 0.3) is 0 Å². The van der Waals surface area contributed by atoms with Gasteiger partial charge in [-0.1, -0.05) is 13.8 Å². The number of hydrogen-bond donors (Lipinski definition) is 0. The number of rotatable bonds is 4. The van der Waals surface area contributed by atoms with Gasteiger partial charge in [0.25, 0.3) is 0 Å². The highest BCUT2D eigenvalue weighted by Gasteiger charge is 2.39. The van der Waals surface area contributed by atoms with Crippen molar-refractivity contribution in [3.8, 4) is 0 Å². The van der Waals surface area contributed by atoms with Crippen LogP contribution in [0.1, 0.15) is 40.5 Å². The zero-order valence-corrected chi connectivity index (χ0v) is 14.8. The fourth-order valence-electron chi connectivity index (χ4n) is 4.13. The van der Waals surface area contributed by atoms with E-state index in [1.165, 1.54) is 12.8 Å². The van der Waals surface area contributed by atoms with Crippen LogP contribution in [0.15, 0.2) is 0 Å². The highest BCUT2D eigenvalue weighted by Crippen LogP contribution is 2.37. The fraction of sp³-hybridized carbons (Fsp3) is 0.944. The van der Waals surface area contributed by atoms with Crippen molar-refractivity contribution in [3.63, 3.8) is 0 Å². The van der Waals surface area contributed by atoms with Crippen molar-refractivity contribution in [1.82, 2.24) is 14.7 Å². The molecule has 0 N–H and O–H groups in total. The molecule has 22 heavy (non-hydrogen) atoms. The molecule has 2 heterocycles. The number of carbonyl (C=O) groups is 1. The minimum absolute atomic E-state index is 0.267. The van der Waals surface area contributed by atoms with Crippen molar-refractivity contribution in [2.24, 2.45) is 17.8 Å². The van der Waals surface area contributed by atoms with E-state index in [1.54, 1.807) is 0 Å².